The molecule has 8 heteroatoms. The van der Waals surface area contributed by atoms with Crippen molar-refractivity contribution in [2.45, 2.75) is 44.1 Å². The van der Waals surface area contributed by atoms with Crippen LogP contribution in [0.5, 0.6) is 0 Å². The molecule has 0 unspecified atom stereocenters. The number of piperazine rings is 1. The lowest BCUT2D eigenvalue weighted by molar-refractivity contribution is -0.133. The van der Waals surface area contributed by atoms with Crippen molar-refractivity contribution in [3.8, 4) is 0 Å². The average molecular weight is 419 g/mol. The third-order valence-corrected chi connectivity index (χ3v) is 6.62. The average Bonchev–Trinajstić information content (AvgIpc) is 3.28. The van der Waals surface area contributed by atoms with E-state index < -0.39 is 5.54 Å². The SMILES string of the molecule is O=C(CCCN1C(=O)NC2(CCCC2)C1=O)N1CCN(c2ccccc2Cl)CC1. The Morgan fingerprint density at radius 2 is 1.76 bits per heavy atom. The Hall–Kier alpha value is -2.28. The van der Waals surface area contributed by atoms with Gasteiger partial charge in [0.1, 0.15) is 5.54 Å². The van der Waals surface area contributed by atoms with Crippen molar-refractivity contribution in [3.63, 3.8) is 0 Å². The van der Waals surface area contributed by atoms with E-state index in [1.54, 1.807) is 0 Å². The van der Waals surface area contributed by atoms with Crippen LogP contribution in [-0.2, 0) is 9.59 Å². The summed E-state index contributed by atoms with van der Waals surface area (Å²) in [6.07, 6.45) is 4.23. The van der Waals surface area contributed by atoms with Gasteiger partial charge in [0.25, 0.3) is 5.91 Å². The molecule has 1 aromatic rings. The Labute approximate surface area is 176 Å². The number of hydrogen-bond acceptors (Lipinski definition) is 4. The molecule has 1 aliphatic carbocycles. The fraction of sp³-hybridized carbons (Fsp3) is 0.571. The summed E-state index contributed by atoms with van der Waals surface area (Å²) in [6, 6.07) is 7.43. The van der Waals surface area contributed by atoms with Crippen LogP contribution in [0.3, 0.4) is 0 Å². The zero-order valence-corrected chi connectivity index (χ0v) is 17.3. The largest absolute Gasteiger partial charge is 0.367 e. The topological polar surface area (TPSA) is 73.0 Å². The van der Waals surface area contributed by atoms with Crippen molar-refractivity contribution >= 4 is 35.1 Å². The normalized spacial score (nSPS) is 21.2. The third-order valence-electron chi connectivity index (χ3n) is 6.30. The number of hydrogen-bond donors (Lipinski definition) is 1. The number of urea groups is 1. The van der Waals surface area contributed by atoms with Crippen LogP contribution in [0, 0.1) is 0 Å². The second-order valence-corrected chi connectivity index (χ2v) is 8.51. The molecule has 2 heterocycles. The number of imide groups is 1. The van der Waals surface area contributed by atoms with Crippen LogP contribution >= 0.6 is 11.6 Å². The number of carbonyl (C=O) groups is 3. The van der Waals surface area contributed by atoms with Crippen LogP contribution in [0.4, 0.5) is 10.5 Å². The van der Waals surface area contributed by atoms with Crippen LogP contribution in [-0.4, -0.2) is 65.9 Å². The van der Waals surface area contributed by atoms with Gasteiger partial charge in [-0.05, 0) is 31.4 Å². The lowest BCUT2D eigenvalue weighted by Gasteiger charge is -2.36. The van der Waals surface area contributed by atoms with Crippen LogP contribution in [0.15, 0.2) is 24.3 Å². The van der Waals surface area contributed by atoms with Crippen molar-refractivity contribution < 1.29 is 14.4 Å². The molecule has 0 radical (unpaired) electrons. The van der Waals surface area contributed by atoms with Crippen LogP contribution in [0.25, 0.3) is 0 Å². The first kappa shape index (κ1) is 20.0. The van der Waals surface area contributed by atoms with Gasteiger partial charge in [-0.1, -0.05) is 36.6 Å². The van der Waals surface area contributed by atoms with Crippen molar-refractivity contribution in [2.24, 2.45) is 0 Å². The van der Waals surface area contributed by atoms with Crippen molar-refractivity contribution in [2.75, 3.05) is 37.6 Å². The van der Waals surface area contributed by atoms with E-state index in [4.69, 9.17) is 11.6 Å². The molecule has 3 fully saturated rings. The van der Waals surface area contributed by atoms with Crippen molar-refractivity contribution in [1.29, 1.82) is 0 Å². The maximum Gasteiger partial charge on any atom is 0.325 e. The summed E-state index contributed by atoms with van der Waals surface area (Å²) in [5.74, 6) is -0.0350. The molecule has 1 aromatic carbocycles. The van der Waals surface area contributed by atoms with E-state index in [0.717, 1.165) is 49.5 Å². The van der Waals surface area contributed by atoms with E-state index in [2.05, 4.69) is 10.2 Å². The molecular formula is C21H27ClN4O3. The number of nitrogens with zero attached hydrogens (tertiary/aromatic N) is 3. The van der Waals surface area contributed by atoms with E-state index in [0.29, 0.717) is 32.5 Å². The summed E-state index contributed by atoms with van der Waals surface area (Å²) in [7, 11) is 0. The zero-order chi connectivity index (χ0) is 20.4. The van der Waals surface area contributed by atoms with Gasteiger partial charge < -0.3 is 15.1 Å². The lowest BCUT2D eigenvalue weighted by atomic mass is 9.98. The fourth-order valence-electron chi connectivity index (χ4n) is 4.65. The Kier molecular flexibility index (Phi) is 5.67. The highest BCUT2D eigenvalue weighted by atomic mass is 35.5. The number of carbonyl (C=O) groups excluding carboxylic acids is 3. The Balaban J connectivity index is 1.23. The monoisotopic (exact) mass is 418 g/mol. The molecule has 2 saturated heterocycles. The van der Waals surface area contributed by atoms with E-state index in [1.165, 1.54) is 4.90 Å². The number of rotatable bonds is 5. The first-order valence-corrected chi connectivity index (χ1v) is 10.8. The lowest BCUT2D eigenvalue weighted by Crippen LogP contribution is -2.49. The Morgan fingerprint density at radius 3 is 2.45 bits per heavy atom. The number of para-hydroxylation sites is 1. The van der Waals surface area contributed by atoms with Gasteiger partial charge in [-0.15, -0.1) is 0 Å². The predicted octanol–water partition coefficient (Wildman–Crippen LogP) is 2.63. The number of anilines is 1. The van der Waals surface area contributed by atoms with E-state index in [-0.39, 0.29) is 17.8 Å². The molecule has 156 valence electrons. The molecule has 1 spiro atoms. The number of halogens is 1. The van der Waals surface area contributed by atoms with Crippen LogP contribution in [0.2, 0.25) is 5.02 Å². The molecule has 1 saturated carbocycles. The molecule has 0 bridgehead atoms. The first-order valence-electron chi connectivity index (χ1n) is 10.4. The van der Waals surface area contributed by atoms with Crippen LogP contribution < -0.4 is 10.2 Å². The standard InChI is InChI=1S/C21H27ClN4O3/c22-16-6-1-2-7-17(16)24-12-14-25(15-13-24)18(27)8-5-11-26-19(28)21(23-20(26)29)9-3-4-10-21/h1-2,6-7H,3-5,8-15H2,(H,23,29). The molecule has 4 rings (SSSR count). The van der Waals surface area contributed by atoms with Gasteiger partial charge in [0.05, 0.1) is 10.7 Å². The van der Waals surface area contributed by atoms with Gasteiger partial charge in [0.15, 0.2) is 0 Å². The molecule has 0 atom stereocenters. The smallest absolute Gasteiger partial charge is 0.325 e. The minimum atomic E-state index is -0.671. The van der Waals surface area contributed by atoms with Gasteiger partial charge in [-0.3, -0.25) is 14.5 Å². The van der Waals surface area contributed by atoms with E-state index in [1.807, 2.05) is 29.2 Å². The van der Waals surface area contributed by atoms with Crippen molar-refractivity contribution in [3.05, 3.63) is 29.3 Å². The highest BCUT2D eigenvalue weighted by molar-refractivity contribution is 6.33. The minimum absolute atomic E-state index is 0.0754. The molecule has 0 aromatic heterocycles. The highest BCUT2D eigenvalue weighted by Crippen LogP contribution is 2.35. The van der Waals surface area contributed by atoms with E-state index >= 15 is 0 Å². The summed E-state index contributed by atoms with van der Waals surface area (Å²) in [5, 5.41) is 3.60. The molecule has 2 aliphatic heterocycles. The molecule has 3 aliphatic rings. The zero-order valence-electron chi connectivity index (χ0n) is 16.5. The molecule has 29 heavy (non-hydrogen) atoms. The summed E-state index contributed by atoms with van der Waals surface area (Å²) in [4.78, 5) is 42.8. The highest BCUT2D eigenvalue weighted by Gasteiger charge is 2.52. The fourth-order valence-corrected chi connectivity index (χ4v) is 4.90. The maximum atomic E-state index is 12.6. The molecule has 4 amide bonds. The second kappa shape index (κ2) is 8.22. The van der Waals surface area contributed by atoms with Gasteiger partial charge in [0.2, 0.25) is 5.91 Å². The molecular weight excluding hydrogens is 392 g/mol. The molecule has 7 nitrogen and oxygen atoms in total. The third kappa shape index (κ3) is 3.92. The predicted molar refractivity (Wildman–Crippen MR) is 111 cm³/mol. The number of benzene rings is 1. The summed E-state index contributed by atoms with van der Waals surface area (Å²) in [5.41, 5.74) is 0.330. The van der Waals surface area contributed by atoms with E-state index in [9.17, 15) is 14.4 Å². The molecule has 1 N–H and O–H groups in total. The number of nitrogens with one attached hydrogen (secondary N) is 1. The Bertz CT molecular complexity index is 801. The first-order chi connectivity index (χ1) is 14.0. The quantitative estimate of drug-likeness (QED) is 0.746. The summed E-state index contributed by atoms with van der Waals surface area (Å²) in [6.45, 7) is 3.08. The summed E-state index contributed by atoms with van der Waals surface area (Å²) < 4.78 is 0. The van der Waals surface area contributed by atoms with Crippen molar-refractivity contribution in [1.82, 2.24) is 15.1 Å². The van der Waals surface area contributed by atoms with Gasteiger partial charge in [-0.2, -0.15) is 0 Å². The van der Waals surface area contributed by atoms with Gasteiger partial charge in [0, 0.05) is 39.1 Å². The van der Waals surface area contributed by atoms with Crippen LogP contribution in [0.1, 0.15) is 38.5 Å². The van der Waals surface area contributed by atoms with Gasteiger partial charge in [-0.25, -0.2) is 4.79 Å². The summed E-state index contributed by atoms with van der Waals surface area (Å²) >= 11 is 6.27. The number of amides is 4. The Morgan fingerprint density at radius 1 is 1.07 bits per heavy atom. The second-order valence-electron chi connectivity index (χ2n) is 8.10. The maximum absolute atomic E-state index is 12.6. The van der Waals surface area contributed by atoms with Gasteiger partial charge >= 0.3 is 6.03 Å². The minimum Gasteiger partial charge on any atom is -0.367 e.